The second kappa shape index (κ2) is 14.3. The molecule has 0 aliphatic carbocycles. The van der Waals surface area contributed by atoms with Crippen molar-refractivity contribution in [3.63, 3.8) is 0 Å². The zero-order valence-corrected chi connectivity index (χ0v) is 28.6. The largest absolute Gasteiger partial charge is 0.444 e. The van der Waals surface area contributed by atoms with Crippen LogP contribution in [0.4, 0.5) is 22.0 Å². The van der Waals surface area contributed by atoms with E-state index < -0.39 is 11.7 Å². The number of ether oxygens (including phenoxy) is 1. The predicted molar refractivity (Wildman–Crippen MR) is 187 cm³/mol. The first-order valence-electron chi connectivity index (χ1n) is 14.8. The van der Waals surface area contributed by atoms with E-state index in [0.29, 0.717) is 34.9 Å². The van der Waals surface area contributed by atoms with E-state index in [9.17, 15) is 9.59 Å². The van der Waals surface area contributed by atoms with Gasteiger partial charge in [0, 0.05) is 37.8 Å². The third-order valence-corrected chi connectivity index (χ3v) is 8.31. The summed E-state index contributed by atoms with van der Waals surface area (Å²) < 4.78 is 6.33. The Morgan fingerprint density at radius 1 is 0.935 bits per heavy atom. The molecule has 0 unspecified atom stereocenters. The van der Waals surface area contributed by atoms with Gasteiger partial charge in [0.05, 0.1) is 11.1 Å². The Labute approximate surface area is 281 Å². The summed E-state index contributed by atoms with van der Waals surface area (Å²) >= 11 is 4.96. The molecule has 0 atom stereocenters. The number of benzene rings is 3. The van der Waals surface area contributed by atoms with Crippen molar-refractivity contribution in [3.05, 3.63) is 106 Å². The topological polar surface area (TPSA) is 118 Å². The lowest BCUT2D eigenvalue weighted by Crippen LogP contribution is -2.27. The number of halogens is 1. The molecule has 0 fully saturated rings. The number of pyridine rings is 1. The van der Waals surface area contributed by atoms with Gasteiger partial charge in [-0.3, -0.25) is 10.1 Å². The number of hydrogen-bond donors (Lipinski definition) is 3. The minimum Gasteiger partial charge on any atom is -0.444 e. The summed E-state index contributed by atoms with van der Waals surface area (Å²) in [5.41, 5.74) is 3.76. The lowest BCUT2D eigenvalue weighted by Gasteiger charge is -2.19. The molecule has 5 rings (SSSR count). The fourth-order valence-corrected chi connectivity index (χ4v) is 5.55. The van der Waals surface area contributed by atoms with Gasteiger partial charge in [0.2, 0.25) is 0 Å². The number of carbonyl (C=O) groups excluding carboxylic acids is 2. The maximum atomic E-state index is 13.2. The van der Waals surface area contributed by atoms with Crippen LogP contribution in [0, 0.1) is 0 Å². The third-order valence-electron chi connectivity index (χ3n) is 6.70. The van der Waals surface area contributed by atoms with Crippen LogP contribution in [0.15, 0.2) is 99.5 Å². The van der Waals surface area contributed by atoms with E-state index in [2.05, 4.69) is 55.7 Å². The fraction of sp³-hybridized carbons (Fsp3) is 0.229. The first-order valence-corrected chi connectivity index (χ1v) is 16.4. The van der Waals surface area contributed by atoms with Gasteiger partial charge in [-0.25, -0.2) is 19.7 Å². The normalized spacial score (nSPS) is 11.4. The van der Waals surface area contributed by atoms with Gasteiger partial charge in [-0.1, -0.05) is 53.7 Å². The lowest BCUT2D eigenvalue weighted by molar-refractivity contribution is 0.0635. The van der Waals surface area contributed by atoms with E-state index in [1.807, 2.05) is 93.6 Å². The van der Waals surface area contributed by atoms with Crippen molar-refractivity contribution >= 4 is 67.9 Å². The highest BCUT2D eigenvalue weighted by atomic mass is 79.9. The zero-order chi connectivity index (χ0) is 32.8. The highest BCUT2D eigenvalue weighted by Gasteiger charge is 2.17. The Hall–Kier alpha value is -4.48. The van der Waals surface area contributed by atoms with Crippen molar-refractivity contribution in [1.29, 1.82) is 0 Å². The number of rotatable bonds is 9. The lowest BCUT2D eigenvalue weighted by atomic mass is 10.1. The molecule has 5 aromatic rings. The first-order chi connectivity index (χ1) is 21.9. The van der Waals surface area contributed by atoms with Gasteiger partial charge in [0.1, 0.15) is 17.7 Å². The quantitative estimate of drug-likeness (QED) is 0.140. The number of carbonyl (C=O) groups is 2. The van der Waals surface area contributed by atoms with Gasteiger partial charge in [-0.05, 0) is 99.0 Å². The molecule has 0 bridgehead atoms. The van der Waals surface area contributed by atoms with E-state index in [-0.39, 0.29) is 11.8 Å². The molecule has 2 aromatic heterocycles. The van der Waals surface area contributed by atoms with Crippen molar-refractivity contribution in [2.24, 2.45) is 0 Å². The Morgan fingerprint density at radius 3 is 2.37 bits per heavy atom. The molecular formula is C35H35BrN6O3S. The van der Waals surface area contributed by atoms with E-state index in [0.717, 1.165) is 30.9 Å². The van der Waals surface area contributed by atoms with Gasteiger partial charge >= 0.3 is 6.09 Å². The van der Waals surface area contributed by atoms with Crippen LogP contribution in [0.5, 0.6) is 0 Å². The average Bonchev–Trinajstić information content (AvgIpc) is 3.01. The number of nitrogens with one attached hydrogen (secondary N) is 3. The first kappa shape index (κ1) is 32.9. The van der Waals surface area contributed by atoms with E-state index in [1.54, 1.807) is 6.07 Å². The molecule has 11 heteroatoms. The molecule has 0 saturated heterocycles. The average molecular weight is 700 g/mol. The van der Waals surface area contributed by atoms with Crippen molar-refractivity contribution in [1.82, 2.24) is 20.3 Å². The van der Waals surface area contributed by atoms with Crippen LogP contribution >= 0.6 is 27.7 Å². The number of amides is 2. The van der Waals surface area contributed by atoms with Gasteiger partial charge < -0.3 is 15.4 Å². The maximum Gasteiger partial charge on any atom is 0.412 e. The maximum absolute atomic E-state index is 13.2. The molecule has 0 saturated carbocycles. The highest BCUT2D eigenvalue weighted by Crippen LogP contribution is 2.37. The van der Waals surface area contributed by atoms with Crippen molar-refractivity contribution < 1.29 is 14.3 Å². The monoisotopic (exact) mass is 698 g/mol. The van der Waals surface area contributed by atoms with E-state index >= 15 is 0 Å². The van der Waals surface area contributed by atoms with Crippen LogP contribution in [0.2, 0.25) is 0 Å². The third kappa shape index (κ3) is 8.82. The number of hydrogen-bond acceptors (Lipinski definition) is 8. The number of aromatic nitrogens is 3. The highest BCUT2D eigenvalue weighted by molar-refractivity contribution is 9.10. The van der Waals surface area contributed by atoms with E-state index in [1.165, 1.54) is 18.1 Å². The van der Waals surface area contributed by atoms with Gasteiger partial charge in [-0.2, -0.15) is 0 Å². The molecule has 9 nitrogen and oxygen atoms in total. The summed E-state index contributed by atoms with van der Waals surface area (Å²) in [4.78, 5) is 40.9. The molecule has 0 radical (unpaired) electrons. The Balaban J connectivity index is 1.41. The number of fused-ring (bicyclic) bond motifs is 1. The molecule has 236 valence electrons. The number of anilines is 3. The van der Waals surface area contributed by atoms with Crippen molar-refractivity contribution in [2.75, 3.05) is 10.6 Å². The standard InChI is InChI=1S/C35H35BrN6O3S/c1-21(2)28-16-15-27-31(41-28)38-20-39-32(27)42-29-18-23(33(43)37-19-22-6-9-24(36)10-7-22)8-17-30(29)46-26-13-11-25(12-14-26)40-34(44)45-35(3,4)5/h6-18,20-21H,19H2,1-5H3,(H,37,43)(H,40,44)(H,38,39,41,42). The van der Waals surface area contributed by atoms with Crippen molar-refractivity contribution in [3.8, 4) is 0 Å². The second-order valence-corrected chi connectivity index (χ2v) is 13.9. The summed E-state index contributed by atoms with van der Waals surface area (Å²) in [6.45, 7) is 10.0. The van der Waals surface area contributed by atoms with Gasteiger partial charge in [0.15, 0.2) is 5.65 Å². The van der Waals surface area contributed by atoms with Crippen LogP contribution in [0.1, 0.15) is 62.2 Å². The second-order valence-electron chi connectivity index (χ2n) is 11.9. The summed E-state index contributed by atoms with van der Waals surface area (Å²) in [5.74, 6) is 0.645. The zero-order valence-electron chi connectivity index (χ0n) is 26.2. The van der Waals surface area contributed by atoms with Crippen molar-refractivity contribution in [2.45, 2.75) is 62.5 Å². The van der Waals surface area contributed by atoms with Gasteiger partial charge in [0.25, 0.3) is 5.91 Å². The molecule has 3 aromatic carbocycles. The van der Waals surface area contributed by atoms with Crippen LogP contribution in [-0.4, -0.2) is 32.6 Å². The van der Waals surface area contributed by atoms with Crippen LogP contribution in [-0.2, 0) is 11.3 Å². The Bertz CT molecular complexity index is 1860. The van der Waals surface area contributed by atoms with Crippen LogP contribution in [0.3, 0.4) is 0 Å². The molecular weight excluding hydrogens is 664 g/mol. The SMILES string of the molecule is CC(C)c1ccc2c(Nc3cc(C(=O)NCc4ccc(Br)cc4)ccc3Sc3ccc(NC(=O)OC(C)(C)C)cc3)ncnc2n1. The summed E-state index contributed by atoms with van der Waals surface area (Å²) in [5, 5.41) is 9.98. The molecule has 0 spiro atoms. The molecule has 2 amide bonds. The fourth-order valence-electron chi connectivity index (χ4n) is 4.41. The predicted octanol–water partition coefficient (Wildman–Crippen LogP) is 9.08. The molecule has 0 aliphatic rings. The summed E-state index contributed by atoms with van der Waals surface area (Å²) in [6.07, 6.45) is 0.972. The number of nitrogens with zero attached hydrogens (tertiary/aromatic N) is 3. The smallest absolute Gasteiger partial charge is 0.412 e. The van der Waals surface area contributed by atoms with Crippen LogP contribution < -0.4 is 16.0 Å². The Kier molecular flexibility index (Phi) is 10.2. The molecule has 0 aliphatic heterocycles. The van der Waals surface area contributed by atoms with Gasteiger partial charge in [-0.15, -0.1) is 0 Å². The van der Waals surface area contributed by atoms with Crippen LogP contribution in [0.25, 0.3) is 11.0 Å². The molecule has 2 heterocycles. The Morgan fingerprint density at radius 2 is 1.67 bits per heavy atom. The van der Waals surface area contributed by atoms with E-state index in [4.69, 9.17) is 9.72 Å². The minimum atomic E-state index is -0.590. The minimum absolute atomic E-state index is 0.198. The molecule has 3 N–H and O–H groups in total. The molecule has 46 heavy (non-hydrogen) atoms. The summed E-state index contributed by atoms with van der Waals surface area (Å²) in [7, 11) is 0. The summed E-state index contributed by atoms with van der Waals surface area (Å²) in [6, 6.07) is 24.8.